The van der Waals surface area contributed by atoms with Crippen LogP contribution in [-0.4, -0.2) is 38.8 Å². The molecule has 1 N–H and O–H groups in total. The minimum absolute atomic E-state index is 0.228. The molecule has 100 valence electrons. The number of aliphatic carboxylic acids is 1. The first-order valence-corrected chi connectivity index (χ1v) is 6.46. The molecule has 2 atom stereocenters. The second kappa shape index (κ2) is 4.72. The van der Waals surface area contributed by atoms with Crippen LogP contribution in [0.2, 0.25) is 0 Å². The molecule has 5 nitrogen and oxygen atoms in total. The van der Waals surface area contributed by atoms with E-state index < -0.39 is 11.4 Å². The van der Waals surface area contributed by atoms with E-state index in [1.165, 1.54) is 0 Å². The average molecular weight is 251 g/mol. The molecule has 0 aliphatic carbocycles. The highest BCUT2D eigenvalue weighted by atomic mass is 16.4. The van der Waals surface area contributed by atoms with Gasteiger partial charge in [-0.25, -0.2) is 0 Å². The summed E-state index contributed by atoms with van der Waals surface area (Å²) in [5, 5.41) is 13.5. The van der Waals surface area contributed by atoms with Crippen molar-refractivity contribution in [3.8, 4) is 0 Å². The van der Waals surface area contributed by atoms with Gasteiger partial charge in [-0.2, -0.15) is 5.10 Å². The van der Waals surface area contributed by atoms with Crippen LogP contribution in [0.3, 0.4) is 0 Å². The van der Waals surface area contributed by atoms with Crippen molar-refractivity contribution >= 4 is 5.97 Å². The molecule has 2 unspecified atom stereocenters. The van der Waals surface area contributed by atoms with Gasteiger partial charge in [0.25, 0.3) is 0 Å². The third-order valence-corrected chi connectivity index (χ3v) is 4.03. The molecule has 2 heterocycles. The van der Waals surface area contributed by atoms with E-state index in [2.05, 4.69) is 23.8 Å². The van der Waals surface area contributed by atoms with E-state index in [1.807, 2.05) is 24.0 Å². The Balaban J connectivity index is 2.07. The van der Waals surface area contributed by atoms with E-state index in [-0.39, 0.29) is 6.04 Å². The third-order valence-electron chi connectivity index (χ3n) is 4.03. The van der Waals surface area contributed by atoms with Crippen molar-refractivity contribution in [3.63, 3.8) is 0 Å². The number of aromatic nitrogens is 2. The fraction of sp³-hybridized carbons (Fsp3) is 0.692. The number of likely N-dealkylation sites (tertiary alicyclic amines) is 1. The molecule has 0 bridgehead atoms. The standard InChI is InChI=1S/C13H21N3O2/c1-4-16-8-11(7-14-16)10(2)15-6-5-13(3,9-15)12(17)18/h7-8,10H,4-6,9H2,1-3H3,(H,17,18). The van der Waals surface area contributed by atoms with Crippen molar-refractivity contribution in [2.75, 3.05) is 13.1 Å². The van der Waals surface area contributed by atoms with Crippen LogP contribution in [0.15, 0.2) is 12.4 Å². The highest BCUT2D eigenvalue weighted by molar-refractivity contribution is 5.74. The maximum absolute atomic E-state index is 11.2. The molecule has 5 heteroatoms. The summed E-state index contributed by atoms with van der Waals surface area (Å²) in [4.78, 5) is 13.5. The van der Waals surface area contributed by atoms with Crippen molar-refractivity contribution < 1.29 is 9.90 Å². The minimum atomic E-state index is -0.693. The second-order valence-corrected chi connectivity index (χ2v) is 5.39. The summed E-state index contributed by atoms with van der Waals surface area (Å²) in [6, 6.07) is 0.228. The van der Waals surface area contributed by atoms with Gasteiger partial charge in [-0.1, -0.05) is 0 Å². The van der Waals surface area contributed by atoms with Gasteiger partial charge in [0.05, 0.1) is 11.6 Å². The summed E-state index contributed by atoms with van der Waals surface area (Å²) in [7, 11) is 0. The summed E-state index contributed by atoms with van der Waals surface area (Å²) in [5.41, 5.74) is 0.557. The molecular formula is C13H21N3O2. The Hall–Kier alpha value is -1.36. The van der Waals surface area contributed by atoms with Crippen molar-refractivity contribution in [1.29, 1.82) is 0 Å². The van der Waals surface area contributed by atoms with E-state index in [0.717, 1.165) is 18.7 Å². The van der Waals surface area contributed by atoms with Crippen LogP contribution >= 0.6 is 0 Å². The Kier molecular flexibility index (Phi) is 3.43. The lowest BCUT2D eigenvalue weighted by molar-refractivity contribution is -0.147. The van der Waals surface area contributed by atoms with Crippen LogP contribution in [0.4, 0.5) is 0 Å². The van der Waals surface area contributed by atoms with Crippen molar-refractivity contribution in [2.24, 2.45) is 5.41 Å². The lowest BCUT2D eigenvalue weighted by Crippen LogP contribution is -2.32. The molecule has 2 rings (SSSR count). The molecule has 0 saturated carbocycles. The van der Waals surface area contributed by atoms with E-state index in [9.17, 15) is 9.90 Å². The van der Waals surface area contributed by atoms with Gasteiger partial charge in [0.15, 0.2) is 0 Å². The Morgan fingerprint density at radius 3 is 2.89 bits per heavy atom. The molecule has 1 fully saturated rings. The lowest BCUT2D eigenvalue weighted by atomic mass is 9.90. The number of carboxylic acids is 1. The van der Waals surface area contributed by atoms with Crippen LogP contribution in [0.5, 0.6) is 0 Å². The summed E-state index contributed by atoms with van der Waals surface area (Å²) in [6.07, 6.45) is 4.64. The van der Waals surface area contributed by atoms with Gasteiger partial charge in [0, 0.05) is 30.9 Å². The van der Waals surface area contributed by atoms with Crippen LogP contribution < -0.4 is 0 Å². The molecule has 18 heavy (non-hydrogen) atoms. The number of rotatable bonds is 4. The number of nitrogens with zero attached hydrogens (tertiary/aromatic N) is 3. The topological polar surface area (TPSA) is 58.4 Å². The highest BCUT2D eigenvalue weighted by Crippen LogP contribution is 2.35. The first-order chi connectivity index (χ1) is 8.46. The predicted molar refractivity (Wildman–Crippen MR) is 68.2 cm³/mol. The monoisotopic (exact) mass is 251 g/mol. The SMILES string of the molecule is CCn1cc(C(C)N2CCC(C)(C(=O)O)C2)cn1. The molecular weight excluding hydrogens is 230 g/mol. The molecule has 0 amide bonds. The van der Waals surface area contributed by atoms with E-state index >= 15 is 0 Å². The lowest BCUT2D eigenvalue weighted by Gasteiger charge is -2.25. The van der Waals surface area contributed by atoms with Gasteiger partial charge in [-0.15, -0.1) is 0 Å². The molecule has 0 spiro atoms. The smallest absolute Gasteiger partial charge is 0.310 e. The number of hydrogen-bond acceptors (Lipinski definition) is 3. The second-order valence-electron chi connectivity index (χ2n) is 5.39. The Morgan fingerprint density at radius 1 is 1.67 bits per heavy atom. The zero-order valence-corrected chi connectivity index (χ0v) is 11.3. The summed E-state index contributed by atoms with van der Waals surface area (Å²) >= 11 is 0. The van der Waals surface area contributed by atoms with Gasteiger partial charge in [0.2, 0.25) is 0 Å². The quantitative estimate of drug-likeness (QED) is 0.886. The van der Waals surface area contributed by atoms with E-state index in [4.69, 9.17) is 0 Å². The van der Waals surface area contributed by atoms with Gasteiger partial charge in [-0.3, -0.25) is 14.4 Å². The normalized spacial score (nSPS) is 26.4. The van der Waals surface area contributed by atoms with Gasteiger partial charge < -0.3 is 5.11 Å². The zero-order chi connectivity index (χ0) is 13.3. The van der Waals surface area contributed by atoms with Crippen molar-refractivity contribution in [3.05, 3.63) is 18.0 Å². The van der Waals surface area contributed by atoms with Gasteiger partial charge in [0.1, 0.15) is 0 Å². The van der Waals surface area contributed by atoms with Crippen LogP contribution in [0.1, 0.15) is 38.8 Å². The van der Waals surface area contributed by atoms with Crippen LogP contribution in [0.25, 0.3) is 0 Å². The first kappa shape index (κ1) is 13.1. The zero-order valence-electron chi connectivity index (χ0n) is 11.3. The van der Waals surface area contributed by atoms with Gasteiger partial charge in [-0.05, 0) is 33.7 Å². The number of aryl methyl sites for hydroxylation is 1. The minimum Gasteiger partial charge on any atom is -0.481 e. The fourth-order valence-corrected chi connectivity index (χ4v) is 2.48. The van der Waals surface area contributed by atoms with Crippen molar-refractivity contribution in [2.45, 2.75) is 39.8 Å². The molecule has 0 aromatic carbocycles. The Labute approximate surface area is 107 Å². The first-order valence-electron chi connectivity index (χ1n) is 6.46. The summed E-state index contributed by atoms with van der Waals surface area (Å²) in [6.45, 7) is 8.31. The van der Waals surface area contributed by atoms with Crippen LogP contribution in [0, 0.1) is 5.41 Å². The molecule has 1 aromatic heterocycles. The van der Waals surface area contributed by atoms with Crippen molar-refractivity contribution in [1.82, 2.24) is 14.7 Å². The Morgan fingerprint density at radius 2 is 2.39 bits per heavy atom. The maximum Gasteiger partial charge on any atom is 0.310 e. The molecule has 1 saturated heterocycles. The average Bonchev–Trinajstić information content (AvgIpc) is 2.95. The molecule has 1 aliphatic rings. The molecule has 1 aromatic rings. The maximum atomic E-state index is 11.2. The fourth-order valence-electron chi connectivity index (χ4n) is 2.48. The van der Waals surface area contributed by atoms with E-state index in [1.54, 1.807) is 0 Å². The number of carbonyl (C=O) groups is 1. The Bertz CT molecular complexity index is 443. The molecule has 1 aliphatic heterocycles. The number of carboxylic acid groups (broad SMARTS) is 1. The molecule has 0 radical (unpaired) electrons. The highest BCUT2D eigenvalue weighted by Gasteiger charge is 2.41. The van der Waals surface area contributed by atoms with Gasteiger partial charge >= 0.3 is 5.97 Å². The third kappa shape index (κ3) is 2.27. The van der Waals surface area contributed by atoms with Crippen LogP contribution in [-0.2, 0) is 11.3 Å². The predicted octanol–water partition coefficient (Wildman–Crippen LogP) is 1.76. The number of hydrogen-bond donors (Lipinski definition) is 1. The largest absolute Gasteiger partial charge is 0.481 e. The summed E-state index contributed by atoms with van der Waals surface area (Å²) < 4.78 is 1.90. The van der Waals surface area contributed by atoms with E-state index in [0.29, 0.717) is 13.0 Å². The summed E-state index contributed by atoms with van der Waals surface area (Å²) in [5.74, 6) is -0.693.